The number of hydrogen-bond donors (Lipinski definition) is 1. The van der Waals surface area contributed by atoms with Crippen molar-refractivity contribution in [1.82, 2.24) is 9.38 Å². The van der Waals surface area contributed by atoms with Crippen LogP contribution in [0.15, 0.2) is 78.9 Å². The molecule has 1 N–H and O–H groups in total. The molecule has 0 fully saturated rings. The number of fused-ring (bicyclic) bond motifs is 1. The van der Waals surface area contributed by atoms with E-state index in [1.165, 1.54) is 0 Å². The van der Waals surface area contributed by atoms with Crippen molar-refractivity contribution in [3.63, 3.8) is 0 Å². The molecule has 124 valence electrons. The Morgan fingerprint density at radius 1 is 0.880 bits per heavy atom. The maximum Gasteiger partial charge on any atom is 0.226 e. The van der Waals surface area contributed by atoms with Crippen molar-refractivity contribution in [1.29, 1.82) is 0 Å². The number of aliphatic hydroxyl groups is 1. The SMILES string of the molecule is COc1c(-c2ccccc2)nc2cccc(C(O)c3ccccc3)n12. The summed E-state index contributed by atoms with van der Waals surface area (Å²) in [5.41, 5.74) is 4.02. The highest BCUT2D eigenvalue weighted by atomic mass is 16.5. The maximum atomic E-state index is 10.9. The van der Waals surface area contributed by atoms with E-state index in [0.29, 0.717) is 5.88 Å². The Balaban J connectivity index is 1.94. The van der Waals surface area contributed by atoms with Gasteiger partial charge in [0.1, 0.15) is 17.4 Å². The van der Waals surface area contributed by atoms with Crippen LogP contribution in [-0.4, -0.2) is 21.6 Å². The molecule has 0 radical (unpaired) electrons. The van der Waals surface area contributed by atoms with Crippen molar-refractivity contribution < 1.29 is 9.84 Å². The normalized spacial score (nSPS) is 12.2. The summed E-state index contributed by atoms with van der Waals surface area (Å²) in [6.45, 7) is 0. The lowest BCUT2D eigenvalue weighted by Gasteiger charge is -2.15. The standard InChI is InChI=1S/C21H18N2O2/c1-25-21-19(15-9-4-2-5-10-15)22-18-14-8-13-17(23(18)21)20(24)16-11-6-3-7-12-16/h2-14,20,24H,1H3. The second kappa shape index (κ2) is 6.42. The lowest BCUT2D eigenvalue weighted by atomic mass is 10.1. The fourth-order valence-electron chi connectivity index (χ4n) is 3.08. The third-order valence-corrected chi connectivity index (χ3v) is 4.27. The Hall–Kier alpha value is -3.11. The number of aliphatic hydroxyl groups excluding tert-OH is 1. The van der Waals surface area contributed by atoms with E-state index in [1.807, 2.05) is 83.3 Å². The average Bonchev–Trinajstić information content (AvgIpc) is 3.07. The van der Waals surface area contributed by atoms with E-state index in [1.54, 1.807) is 7.11 Å². The Morgan fingerprint density at radius 3 is 2.24 bits per heavy atom. The fourth-order valence-corrected chi connectivity index (χ4v) is 3.08. The van der Waals surface area contributed by atoms with Gasteiger partial charge in [0.2, 0.25) is 5.88 Å². The molecule has 25 heavy (non-hydrogen) atoms. The summed E-state index contributed by atoms with van der Waals surface area (Å²) < 4.78 is 7.54. The molecular formula is C21H18N2O2. The molecule has 0 aliphatic carbocycles. The highest BCUT2D eigenvalue weighted by Gasteiger charge is 2.20. The van der Waals surface area contributed by atoms with E-state index < -0.39 is 6.10 Å². The molecule has 0 aliphatic heterocycles. The van der Waals surface area contributed by atoms with Crippen LogP contribution >= 0.6 is 0 Å². The summed E-state index contributed by atoms with van der Waals surface area (Å²) in [5.74, 6) is 0.617. The lowest BCUT2D eigenvalue weighted by Crippen LogP contribution is -2.07. The van der Waals surface area contributed by atoms with Gasteiger partial charge in [-0.15, -0.1) is 0 Å². The summed E-state index contributed by atoms with van der Waals surface area (Å²) in [5, 5.41) is 10.9. The van der Waals surface area contributed by atoms with Gasteiger partial charge in [-0.2, -0.15) is 0 Å². The molecule has 0 saturated carbocycles. The monoisotopic (exact) mass is 330 g/mol. The summed E-state index contributed by atoms with van der Waals surface area (Å²) in [4.78, 5) is 4.72. The number of nitrogens with zero attached hydrogens (tertiary/aromatic N) is 2. The number of imidazole rings is 1. The zero-order chi connectivity index (χ0) is 17.2. The minimum absolute atomic E-state index is 0.617. The van der Waals surface area contributed by atoms with E-state index >= 15 is 0 Å². The number of rotatable bonds is 4. The van der Waals surface area contributed by atoms with Gasteiger partial charge in [-0.1, -0.05) is 66.7 Å². The molecule has 0 aliphatic rings. The summed E-state index contributed by atoms with van der Waals surface area (Å²) in [6.07, 6.45) is -0.767. The van der Waals surface area contributed by atoms with Gasteiger partial charge in [-0.05, 0) is 17.7 Å². The zero-order valence-electron chi connectivity index (χ0n) is 13.8. The van der Waals surface area contributed by atoms with Crippen LogP contribution in [0.4, 0.5) is 0 Å². The minimum atomic E-state index is -0.767. The van der Waals surface area contributed by atoms with Crippen molar-refractivity contribution in [2.45, 2.75) is 6.10 Å². The Bertz CT molecular complexity index is 995. The zero-order valence-corrected chi connectivity index (χ0v) is 13.8. The van der Waals surface area contributed by atoms with Gasteiger partial charge in [0.25, 0.3) is 0 Å². The van der Waals surface area contributed by atoms with Gasteiger partial charge in [-0.3, -0.25) is 4.40 Å². The van der Waals surface area contributed by atoms with Crippen LogP contribution < -0.4 is 4.74 Å². The largest absolute Gasteiger partial charge is 0.480 e. The second-order valence-corrected chi connectivity index (χ2v) is 5.79. The first kappa shape index (κ1) is 15.4. The van der Waals surface area contributed by atoms with Crippen molar-refractivity contribution in [2.75, 3.05) is 7.11 Å². The Kier molecular flexibility index (Phi) is 3.96. The molecule has 0 amide bonds. The van der Waals surface area contributed by atoms with Gasteiger partial charge < -0.3 is 9.84 Å². The van der Waals surface area contributed by atoms with Crippen LogP contribution in [0.2, 0.25) is 0 Å². The third-order valence-electron chi connectivity index (χ3n) is 4.27. The summed E-state index contributed by atoms with van der Waals surface area (Å²) in [7, 11) is 1.63. The van der Waals surface area contributed by atoms with Gasteiger partial charge >= 0.3 is 0 Å². The average molecular weight is 330 g/mol. The predicted octanol–water partition coefficient (Wildman–Crippen LogP) is 4.09. The number of pyridine rings is 1. The van der Waals surface area contributed by atoms with Crippen LogP contribution in [0.5, 0.6) is 5.88 Å². The van der Waals surface area contributed by atoms with E-state index in [0.717, 1.165) is 28.2 Å². The molecule has 2 aromatic heterocycles. The number of hydrogen-bond acceptors (Lipinski definition) is 3. The topological polar surface area (TPSA) is 46.8 Å². The Labute approximate surface area is 146 Å². The van der Waals surface area contributed by atoms with Gasteiger partial charge in [0.15, 0.2) is 0 Å². The lowest BCUT2D eigenvalue weighted by molar-refractivity contribution is 0.212. The van der Waals surface area contributed by atoms with Crippen LogP contribution in [-0.2, 0) is 0 Å². The maximum absolute atomic E-state index is 10.9. The molecule has 0 saturated heterocycles. The highest BCUT2D eigenvalue weighted by molar-refractivity contribution is 5.70. The molecule has 2 aromatic carbocycles. The smallest absolute Gasteiger partial charge is 0.226 e. The van der Waals surface area contributed by atoms with E-state index in [2.05, 4.69) is 0 Å². The van der Waals surface area contributed by atoms with Crippen LogP contribution in [0, 0.1) is 0 Å². The minimum Gasteiger partial charge on any atom is -0.480 e. The second-order valence-electron chi connectivity index (χ2n) is 5.79. The predicted molar refractivity (Wildman–Crippen MR) is 97.7 cm³/mol. The fraction of sp³-hybridized carbons (Fsp3) is 0.0952. The first-order chi connectivity index (χ1) is 12.3. The molecule has 0 bridgehead atoms. The van der Waals surface area contributed by atoms with E-state index in [4.69, 9.17) is 9.72 Å². The Morgan fingerprint density at radius 2 is 1.56 bits per heavy atom. The number of aromatic nitrogens is 2. The first-order valence-corrected chi connectivity index (χ1v) is 8.13. The van der Waals surface area contributed by atoms with Crippen LogP contribution in [0.25, 0.3) is 16.9 Å². The summed E-state index contributed by atoms with van der Waals surface area (Å²) in [6, 6.07) is 25.2. The van der Waals surface area contributed by atoms with Crippen molar-refractivity contribution in [3.8, 4) is 17.1 Å². The first-order valence-electron chi connectivity index (χ1n) is 8.13. The van der Waals surface area contributed by atoms with Crippen molar-refractivity contribution >= 4 is 5.65 Å². The van der Waals surface area contributed by atoms with Crippen molar-refractivity contribution in [2.24, 2.45) is 0 Å². The van der Waals surface area contributed by atoms with E-state index in [9.17, 15) is 5.11 Å². The van der Waals surface area contributed by atoms with Crippen LogP contribution in [0.1, 0.15) is 17.4 Å². The van der Waals surface area contributed by atoms with Gasteiger partial charge in [-0.25, -0.2) is 4.98 Å². The molecule has 4 aromatic rings. The molecule has 4 rings (SSSR count). The number of benzene rings is 2. The van der Waals surface area contributed by atoms with Gasteiger partial charge in [0, 0.05) is 5.56 Å². The third kappa shape index (κ3) is 2.66. The van der Waals surface area contributed by atoms with Crippen molar-refractivity contribution in [3.05, 3.63) is 90.1 Å². The quantitative estimate of drug-likeness (QED) is 0.613. The highest BCUT2D eigenvalue weighted by Crippen LogP contribution is 2.34. The molecule has 4 heteroatoms. The molecule has 0 spiro atoms. The molecule has 4 nitrogen and oxygen atoms in total. The number of methoxy groups -OCH3 is 1. The van der Waals surface area contributed by atoms with E-state index in [-0.39, 0.29) is 0 Å². The molecule has 1 atom stereocenters. The molecular weight excluding hydrogens is 312 g/mol. The summed E-state index contributed by atoms with van der Waals surface area (Å²) >= 11 is 0. The molecule has 1 unspecified atom stereocenters. The number of ether oxygens (including phenoxy) is 1. The molecule has 2 heterocycles. The van der Waals surface area contributed by atoms with Gasteiger partial charge in [0.05, 0.1) is 12.8 Å². The van der Waals surface area contributed by atoms with Crippen LogP contribution in [0.3, 0.4) is 0 Å².